The predicted octanol–water partition coefficient (Wildman–Crippen LogP) is 6.18. The van der Waals surface area contributed by atoms with Gasteiger partial charge in [0.05, 0.1) is 32.9 Å². The summed E-state index contributed by atoms with van der Waals surface area (Å²) >= 11 is 8.01. The van der Waals surface area contributed by atoms with Crippen molar-refractivity contribution >= 4 is 60.9 Å². The van der Waals surface area contributed by atoms with Crippen LogP contribution in [0.15, 0.2) is 89.6 Å². The van der Waals surface area contributed by atoms with Crippen LogP contribution in [0.1, 0.15) is 55.2 Å². The number of esters is 1. The maximum atomic E-state index is 13.9. The number of carbonyl (C=O) groups is 1. The van der Waals surface area contributed by atoms with Gasteiger partial charge >= 0.3 is 5.97 Å². The number of halogens is 2. The average Bonchev–Trinajstić information content (AvgIpc) is 3.40. The Kier molecular flexibility index (Phi) is 7.70. The largest absolute Gasteiger partial charge is 0.463 e. The first-order chi connectivity index (χ1) is 18.3. The lowest BCUT2D eigenvalue weighted by molar-refractivity contribution is -0.138. The fourth-order valence-electron chi connectivity index (χ4n) is 4.38. The number of ether oxygens (including phenoxy) is 1. The number of nitrogens with zero attached hydrogens (tertiary/aromatic N) is 2. The number of carbonyl (C=O) groups excluding carboxylic acids is 1. The highest BCUT2D eigenvalue weighted by molar-refractivity contribution is 9.13. The van der Waals surface area contributed by atoms with Gasteiger partial charge in [-0.25, -0.2) is 9.79 Å². The number of fused-ring (bicyclic) bond motifs is 1. The first-order valence-electron chi connectivity index (χ1n) is 12.1. The normalized spacial score (nSPS) is 15.5. The third-order valence-corrected chi connectivity index (χ3v) is 8.92. The molecule has 0 amide bonds. The van der Waals surface area contributed by atoms with Crippen molar-refractivity contribution in [3.63, 3.8) is 0 Å². The van der Waals surface area contributed by atoms with E-state index in [2.05, 4.69) is 45.7 Å². The molecular weight excluding hydrogens is 632 g/mol. The molecule has 9 heteroatoms. The van der Waals surface area contributed by atoms with Crippen LogP contribution in [-0.2, 0) is 9.53 Å². The second kappa shape index (κ2) is 11.0. The molecule has 1 aliphatic rings. The Balaban J connectivity index is 1.81. The summed E-state index contributed by atoms with van der Waals surface area (Å²) in [5.41, 5.74) is 3.31. The molecular formula is C29H24Br2N2O4S. The van der Waals surface area contributed by atoms with Gasteiger partial charge < -0.3 is 9.15 Å². The second-order valence-corrected chi connectivity index (χ2v) is 11.6. The van der Waals surface area contributed by atoms with E-state index in [0.29, 0.717) is 37.0 Å². The maximum absolute atomic E-state index is 13.9. The van der Waals surface area contributed by atoms with Crippen LogP contribution in [0.25, 0.3) is 11.8 Å². The summed E-state index contributed by atoms with van der Waals surface area (Å²) in [4.78, 5) is 32.7. The number of hydrogen-bond acceptors (Lipinski definition) is 6. The Morgan fingerprint density at radius 1 is 1.16 bits per heavy atom. The van der Waals surface area contributed by atoms with Gasteiger partial charge in [0.25, 0.3) is 5.56 Å². The summed E-state index contributed by atoms with van der Waals surface area (Å²) in [6.07, 6.45) is 1.69. The highest BCUT2D eigenvalue weighted by atomic mass is 79.9. The van der Waals surface area contributed by atoms with E-state index < -0.39 is 12.0 Å². The van der Waals surface area contributed by atoms with Gasteiger partial charge in [0.15, 0.2) is 9.47 Å². The van der Waals surface area contributed by atoms with Gasteiger partial charge in [-0.15, -0.1) is 0 Å². The van der Waals surface area contributed by atoms with Crippen molar-refractivity contribution in [3.05, 3.63) is 118 Å². The molecule has 1 atom stereocenters. The fourth-order valence-corrected chi connectivity index (χ4v) is 5.97. The molecule has 5 rings (SSSR count). The van der Waals surface area contributed by atoms with Gasteiger partial charge in [-0.3, -0.25) is 9.36 Å². The molecule has 194 valence electrons. The fraction of sp³-hybridized carbons (Fsp3) is 0.207. The molecule has 0 spiro atoms. The van der Waals surface area contributed by atoms with E-state index >= 15 is 0 Å². The number of benzene rings is 2. The molecule has 0 fully saturated rings. The molecule has 3 heterocycles. The van der Waals surface area contributed by atoms with E-state index in [0.717, 1.165) is 15.6 Å². The summed E-state index contributed by atoms with van der Waals surface area (Å²) in [5.74, 6) is 0.360. The van der Waals surface area contributed by atoms with Crippen molar-refractivity contribution in [3.8, 4) is 0 Å². The van der Waals surface area contributed by atoms with Crippen molar-refractivity contribution < 1.29 is 13.9 Å². The van der Waals surface area contributed by atoms with Gasteiger partial charge in [0.1, 0.15) is 5.76 Å². The number of thiazole rings is 1. The Hall–Kier alpha value is -3.01. The molecule has 0 bridgehead atoms. The minimum Gasteiger partial charge on any atom is -0.463 e. The molecule has 38 heavy (non-hydrogen) atoms. The summed E-state index contributed by atoms with van der Waals surface area (Å²) in [6, 6.07) is 18.6. The monoisotopic (exact) mass is 654 g/mol. The van der Waals surface area contributed by atoms with Crippen LogP contribution < -0.4 is 14.9 Å². The summed E-state index contributed by atoms with van der Waals surface area (Å²) in [7, 11) is 0. The first kappa shape index (κ1) is 26.6. The Labute approximate surface area is 240 Å². The zero-order valence-electron chi connectivity index (χ0n) is 20.9. The molecule has 0 aliphatic carbocycles. The molecule has 2 aromatic heterocycles. The zero-order chi connectivity index (χ0) is 27.0. The van der Waals surface area contributed by atoms with Crippen LogP contribution in [-0.4, -0.2) is 17.1 Å². The van der Waals surface area contributed by atoms with Gasteiger partial charge in [-0.1, -0.05) is 79.8 Å². The summed E-state index contributed by atoms with van der Waals surface area (Å²) < 4.78 is 14.5. The van der Waals surface area contributed by atoms with Crippen molar-refractivity contribution in [1.82, 2.24) is 4.57 Å². The second-order valence-electron chi connectivity index (χ2n) is 9.02. The van der Waals surface area contributed by atoms with Crippen molar-refractivity contribution in [1.29, 1.82) is 0 Å². The van der Waals surface area contributed by atoms with Gasteiger partial charge in [0.2, 0.25) is 0 Å². The van der Waals surface area contributed by atoms with Gasteiger partial charge in [0, 0.05) is 11.6 Å². The third-order valence-electron chi connectivity index (χ3n) is 6.23. The van der Waals surface area contributed by atoms with Gasteiger partial charge in [-0.05, 0) is 61.9 Å². The molecule has 6 nitrogen and oxygen atoms in total. The zero-order valence-corrected chi connectivity index (χ0v) is 24.9. The molecule has 0 saturated heterocycles. The van der Waals surface area contributed by atoms with Crippen LogP contribution >= 0.6 is 43.2 Å². The van der Waals surface area contributed by atoms with Crippen LogP contribution in [0.5, 0.6) is 0 Å². The van der Waals surface area contributed by atoms with Crippen molar-refractivity contribution in [2.75, 3.05) is 6.61 Å². The maximum Gasteiger partial charge on any atom is 0.338 e. The number of hydrogen-bond donors (Lipinski definition) is 0. The van der Waals surface area contributed by atoms with Crippen molar-refractivity contribution in [2.24, 2.45) is 4.99 Å². The van der Waals surface area contributed by atoms with E-state index in [1.165, 1.54) is 16.9 Å². The van der Waals surface area contributed by atoms with E-state index in [-0.39, 0.29) is 12.2 Å². The van der Waals surface area contributed by atoms with Crippen LogP contribution in [0, 0.1) is 0 Å². The molecule has 0 N–H and O–H groups in total. The Morgan fingerprint density at radius 3 is 2.47 bits per heavy atom. The minimum atomic E-state index is -0.709. The van der Waals surface area contributed by atoms with E-state index in [9.17, 15) is 9.59 Å². The van der Waals surface area contributed by atoms with E-state index in [4.69, 9.17) is 14.1 Å². The van der Waals surface area contributed by atoms with Crippen LogP contribution in [0.2, 0.25) is 0 Å². The minimum absolute atomic E-state index is 0.204. The van der Waals surface area contributed by atoms with E-state index in [1.807, 2.05) is 54.6 Å². The van der Waals surface area contributed by atoms with Crippen molar-refractivity contribution in [2.45, 2.75) is 32.7 Å². The van der Waals surface area contributed by atoms with Gasteiger partial charge in [-0.2, -0.15) is 0 Å². The third kappa shape index (κ3) is 5.02. The number of aromatic nitrogens is 1. The Morgan fingerprint density at radius 2 is 1.87 bits per heavy atom. The summed E-state index contributed by atoms with van der Waals surface area (Å²) in [5, 5.41) is 0. The van der Waals surface area contributed by atoms with E-state index in [1.54, 1.807) is 23.6 Å². The number of furan rings is 1. The molecule has 2 aromatic carbocycles. The lowest BCUT2D eigenvalue weighted by Gasteiger charge is -2.26. The molecule has 1 aliphatic heterocycles. The number of rotatable bonds is 6. The lowest BCUT2D eigenvalue weighted by Crippen LogP contribution is -2.40. The smallest absolute Gasteiger partial charge is 0.338 e. The van der Waals surface area contributed by atoms with Crippen LogP contribution in [0.4, 0.5) is 0 Å². The predicted molar refractivity (Wildman–Crippen MR) is 156 cm³/mol. The highest BCUT2D eigenvalue weighted by Crippen LogP contribution is 2.35. The lowest BCUT2D eigenvalue weighted by atomic mass is 9.91. The van der Waals surface area contributed by atoms with Crippen LogP contribution in [0.3, 0.4) is 0 Å². The molecule has 4 aromatic rings. The topological polar surface area (TPSA) is 73.8 Å². The SMILES string of the molecule is CCOC(=O)C1=C(c2ccccc2)N=c2s/c(=C/c3cc(Br)c(Br)o3)c(=O)n2[C@@H]1c1ccc(C(C)C)cc1. The Bertz CT molecular complexity index is 1700. The highest BCUT2D eigenvalue weighted by Gasteiger charge is 2.35. The standard InChI is InChI=1S/C29H24Br2N2O4S/c1-4-36-28(35)23-24(18-8-6-5-7-9-18)32-29-33(25(23)19-12-10-17(11-13-19)16(2)3)27(34)22(38-29)15-20-14-21(30)26(31)37-20/h5-16,25H,4H2,1-3H3/b22-15+/t25-/m1/s1. The molecule has 0 unspecified atom stereocenters. The molecule has 0 saturated carbocycles. The average molecular weight is 656 g/mol. The molecule has 0 radical (unpaired) electrons. The quantitative estimate of drug-likeness (QED) is 0.233. The first-order valence-corrected chi connectivity index (χ1v) is 14.5. The summed E-state index contributed by atoms with van der Waals surface area (Å²) in [6.45, 7) is 6.22.